The van der Waals surface area contributed by atoms with Crippen LogP contribution in [0.4, 0.5) is 0 Å². The van der Waals surface area contributed by atoms with Gasteiger partial charge in [0.25, 0.3) is 0 Å². The van der Waals surface area contributed by atoms with Crippen LogP contribution in [0.15, 0.2) is 146 Å². The van der Waals surface area contributed by atoms with Gasteiger partial charge in [0.1, 0.15) is 0 Å². The Hall–Kier alpha value is -6.13. The maximum absolute atomic E-state index is 5.28. The Morgan fingerprint density at radius 1 is 0.444 bits per heavy atom. The second-order valence-corrected chi connectivity index (χ2v) is 11.6. The number of aromatic nitrogens is 4. The molecule has 9 aromatic rings. The molecule has 0 fully saturated rings. The maximum Gasteiger partial charge on any atom is 0.160 e. The molecule has 0 radical (unpaired) electrons. The molecule has 10 rings (SSSR count). The SMILES string of the molecule is c1ccc2c(c1)-c1cccc3c(-c4nc(-c5ccc(-n6c7ccccc7c7ncccc76)cc5)nc5ccccc45)ccc-2c13. The summed E-state index contributed by atoms with van der Waals surface area (Å²) in [6, 6.07) is 49.3. The highest BCUT2D eigenvalue weighted by atomic mass is 15.0. The molecule has 4 nitrogen and oxygen atoms in total. The van der Waals surface area contributed by atoms with Gasteiger partial charge in [0.05, 0.1) is 27.8 Å². The Labute approximate surface area is 258 Å². The van der Waals surface area contributed by atoms with Crippen LogP contribution in [0.3, 0.4) is 0 Å². The molecule has 208 valence electrons. The number of benzene rings is 6. The topological polar surface area (TPSA) is 43.6 Å². The van der Waals surface area contributed by atoms with Crippen molar-refractivity contribution in [2.24, 2.45) is 0 Å². The Balaban J connectivity index is 1.15. The molecule has 0 atom stereocenters. The van der Waals surface area contributed by atoms with Crippen LogP contribution in [0.5, 0.6) is 0 Å². The second-order valence-electron chi connectivity index (χ2n) is 11.6. The zero-order valence-electron chi connectivity index (χ0n) is 24.1. The first-order valence-electron chi connectivity index (χ1n) is 15.2. The number of fused-ring (bicyclic) bond motifs is 7. The largest absolute Gasteiger partial charge is 0.308 e. The van der Waals surface area contributed by atoms with E-state index in [0.717, 1.165) is 55.3 Å². The van der Waals surface area contributed by atoms with Crippen LogP contribution in [0.25, 0.3) is 94.2 Å². The molecule has 0 saturated carbocycles. The van der Waals surface area contributed by atoms with E-state index in [2.05, 4.69) is 132 Å². The lowest BCUT2D eigenvalue weighted by atomic mass is 9.95. The minimum atomic E-state index is 0.714. The fourth-order valence-electron chi connectivity index (χ4n) is 7.25. The average molecular weight is 573 g/mol. The summed E-state index contributed by atoms with van der Waals surface area (Å²) in [5.74, 6) is 0.714. The number of pyridine rings is 1. The third-order valence-electron chi connectivity index (χ3n) is 9.22. The first-order valence-corrected chi connectivity index (χ1v) is 15.2. The highest BCUT2D eigenvalue weighted by molar-refractivity contribution is 6.19. The first-order chi connectivity index (χ1) is 22.3. The van der Waals surface area contributed by atoms with Crippen molar-refractivity contribution in [2.75, 3.05) is 0 Å². The third kappa shape index (κ3) is 3.45. The monoisotopic (exact) mass is 572 g/mol. The summed E-state index contributed by atoms with van der Waals surface area (Å²) in [5.41, 5.74) is 13.4. The van der Waals surface area contributed by atoms with Crippen molar-refractivity contribution in [1.29, 1.82) is 0 Å². The van der Waals surface area contributed by atoms with Crippen LogP contribution in [0, 0.1) is 0 Å². The maximum atomic E-state index is 5.28. The Kier molecular flexibility index (Phi) is 4.96. The molecule has 0 aliphatic heterocycles. The molecule has 6 aromatic carbocycles. The highest BCUT2D eigenvalue weighted by Crippen LogP contribution is 2.49. The minimum Gasteiger partial charge on any atom is -0.308 e. The molecule has 0 saturated heterocycles. The van der Waals surface area contributed by atoms with Crippen molar-refractivity contribution in [3.63, 3.8) is 0 Å². The standard InChI is InChI=1S/C41H24N4/c1-2-10-28-27(9-1)29-13-7-14-30-32(23-22-31(28)38(29)30)39-33-11-3-5-15-35(33)43-41(44-39)25-18-20-26(21-19-25)45-36-16-6-4-12-34(36)40-37(45)17-8-24-42-40/h1-24H. The van der Waals surface area contributed by atoms with Crippen molar-refractivity contribution in [2.45, 2.75) is 0 Å². The fourth-order valence-corrected chi connectivity index (χ4v) is 7.25. The van der Waals surface area contributed by atoms with Gasteiger partial charge in [-0.3, -0.25) is 4.98 Å². The summed E-state index contributed by atoms with van der Waals surface area (Å²) in [6.45, 7) is 0. The van der Waals surface area contributed by atoms with Crippen molar-refractivity contribution < 1.29 is 0 Å². The zero-order valence-corrected chi connectivity index (χ0v) is 24.1. The minimum absolute atomic E-state index is 0.714. The Bertz CT molecular complexity index is 2570. The van der Waals surface area contributed by atoms with E-state index < -0.39 is 0 Å². The number of para-hydroxylation sites is 2. The molecule has 0 N–H and O–H groups in total. The van der Waals surface area contributed by atoms with Gasteiger partial charge in [-0.15, -0.1) is 0 Å². The summed E-state index contributed by atoms with van der Waals surface area (Å²) in [6.07, 6.45) is 1.86. The molecular weight excluding hydrogens is 548 g/mol. The quantitative estimate of drug-likeness (QED) is 0.212. The van der Waals surface area contributed by atoms with E-state index in [0.29, 0.717) is 5.82 Å². The lowest BCUT2D eigenvalue weighted by Crippen LogP contribution is -1.97. The molecule has 4 heteroatoms. The summed E-state index contributed by atoms with van der Waals surface area (Å²) < 4.78 is 2.28. The summed E-state index contributed by atoms with van der Waals surface area (Å²) in [5, 5.41) is 4.71. The predicted octanol–water partition coefficient (Wildman–Crippen LogP) is 10.3. The lowest BCUT2D eigenvalue weighted by Gasteiger charge is -2.13. The van der Waals surface area contributed by atoms with Gasteiger partial charge in [-0.2, -0.15) is 0 Å². The number of rotatable bonds is 3. The second kappa shape index (κ2) is 9.18. The Morgan fingerprint density at radius 2 is 1.11 bits per heavy atom. The number of hydrogen-bond donors (Lipinski definition) is 0. The summed E-state index contributed by atoms with van der Waals surface area (Å²) >= 11 is 0. The van der Waals surface area contributed by atoms with E-state index in [-0.39, 0.29) is 0 Å². The van der Waals surface area contributed by atoms with Gasteiger partial charge in [-0.05, 0) is 81.6 Å². The molecule has 3 aromatic heterocycles. The van der Waals surface area contributed by atoms with Gasteiger partial charge in [0, 0.05) is 33.8 Å². The molecule has 1 aliphatic rings. The van der Waals surface area contributed by atoms with Crippen LogP contribution in [0.1, 0.15) is 0 Å². The van der Waals surface area contributed by atoms with E-state index in [1.54, 1.807) is 0 Å². The fraction of sp³-hybridized carbons (Fsp3) is 0. The highest BCUT2D eigenvalue weighted by Gasteiger charge is 2.23. The molecule has 1 aliphatic carbocycles. The molecule has 0 bridgehead atoms. The average Bonchev–Trinajstić information content (AvgIpc) is 3.62. The van der Waals surface area contributed by atoms with E-state index >= 15 is 0 Å². The van der Waals surface area contributed by atoms with E-state index in [1.807, 2.05) is 18.3 Å². The van der Waals surface area contributed by atoms with Gasteiger partial charge in [0.2, 0.25) is 0 Å². The van der Waals surface area contributed by atoms with E-state index in [1.165, 1.54) is 33.0 Å². The molecule has 0 spiro atoms. The smallest absolute Gasteiger partial charge is 0.160 e. The molecule has 45 heavy (non-hydrogen) atoms. The van der Waals surface area contributed by atoms with Gasteiger partial charge in [0.15, 0.2) is 5.82 Å². The van der Waals surface area contributed by atoms with E-state index in [4.69, 9.17) is 15.0 Å². The first kappa shape index (κ1) is 24.3. The molecular formula is C41H24N4. The van der Waals surface area contributed by atoms with Gasteiger partial charge < -0.3 is 4.57 Å². The van der Waals surface area contributed by atoms with Gasteiger partial charge in [-0.25, -0.2) is 9.97 Å². The molecule has 0 amide bonds. The van der Waals surface area contributed by atoms with Gasteiger partial charge in [-0.1, -0.05) is 91.0 Å². The van der Waals surface area contributed by atoms with Crippen LogP contribution in [0.2, 0.25) is 0 Å². The Morgan fingerprint density at radius 3 is 1.98 bits per heavy atom. The van der Waals surface area contributed by atoms with Crippen molar-refractivity contribution >= 4 is 43.6 Å². The van der Waals surface area contributed by atoms with Crippen LogP contribution < -0.4 is 0 Å². The molecule has 0 unspecified atom stereocenters. The third-order valence-corrected chi connectivity index (χ3v) is 9.22. The van der Waals surface area contributed by atoms with Crippen LogP contribution in [-0.4, -0.2) is 19.5 Å². The zero-order chi connectivity index (χ0) is 29.5. The summed E-state index contributed by atoms with van der Waals surface area (Å²) in [7, 11) is 0. The number of hydrogen-bond acceptors (Lipinski definition) is 3. The van der Waals surface area contributed by atoms with Crippen molar-refractivity contribution in [3.05, 3.63) is 146 Å². The van der Waals surface area contributed by atoms with Crippen LogP contribution in [-0.2, 0) is 0 Å². The van der Waals surface area contributed by atoms with Crippen LogP contribution >= 0.6 is 0 Å². The number of nitrogens with zero attached hydrogens (tertiary/aromatic N) is 4. The van der Waals surface area contributed by atoms with E-state index in [9.17, 15) is 0 Å². The van der Waals surface area contributed by atoms with Gasteiger partial charge >= 0.3 is 0 Å². The summed E-state index contributed by atoms with van der Waals surface area (Å²) in [4.78, 5) is 15.0. The normalized spacial score (nSPS) is 12.0. The molecule has 3 heterocycles. The lowest BCUT2D eigenvalue weighted by molar-refractivity contribution is 1.17. The van der Waals surface area contributed by atoms with Crippen molar-refractivity contribution in [3.8, 4) is 50.6 Å². The van der Waals surface area contributed by atoms with Crippen molar-refractivity contribution in [1.82, 2.24) is 19.5 Å². The predicted molar refractivity (Wildman–Crippen MR) is 184 cm³/mol.